The van der Waals surface area contributed by atoms with Gasteiger partial charge in [-0.2, -0.15) is 0 Å². The molecule has 0 aliphatic heterocycles. The highest BCUT2D eigenvalue weighted by atomic mass is 35.5. The summed E-state index contributed by atoms with van der Waals surface area (Å²) in [6.07, 6.45) is 5.03. The van der Waals surface area contributed by atoms with E-state index in [1.807, 2.05) is 0 Å². The van der Waals surface area contributed by atoms with Crippen molar-refractivity contribution >= 4 is 11.6 Å². The maximum absolute atomic E-state index is 6.33. The molecule has 0 N–H and O–H groups in total. The molecule has 2 atom stereocenters. The molecule has 0 bridgehead atoms. The molecule has 1 aliphatic carbocycles. The monoisotopic (exact) mass is 266 g/mol. The third kappa shape index (κ3) is 2.69. The van der Waals surface area contributed by atoms with Crippen molar-refractivity contribution in [2.45, 2.75) is 65.2 Å². The van der Waals surface area contributed by atoms with Crippen LogP contribution >= 0.6 is 11.6 Å². The van der Waals surface area contributed by atoms with Gasteiger partial charge in [-0.05, 0) is 38.0 Å². The van der Waals surface area contributed by atoms with Gasteiger partial charge in [0.1, 0.15) is 11.0 Å². The quantitative estimate of drug-likeness (QED) is 0.731. The molecule has 18 heavy (non-hydrogen) atoms. The minimum atomic E-state index is 0.388. The summed E-state index contributed by atoms with van der Waals surface area (Å²) in [5.74, 6) is 2.73. The van der Waals surface area contributed by atoms with E-state index in [0.717, 1.165) is 23.0 Å². The van der Waals surface area contributed by atoms with Crippen LogP contribution in [0.5, 0.6) is 0 Å². The first kappa shape index (κ1) is 13.8. The first-order valence-electron chi connectivity index (χ1n) is 7.06. The minimum Gasteiger partial charge on any atom is -0.238 e. The second kappa shape index (κ2) is 5.56. The number of hydrogen-bond donors (Lipinski definition) is 0. The van der Waals surface area contributed by atoms with E-state index in [9.17, 15) is 0 Å². The van der Waals surface area contributed by atoms with Crippen molar-refractivity contribution < 1.29 is 0 Å². The fraction of sp³-hybridized carbons (Fsp3) is 0.733. The molecule has 0 aromatic carbocycles. The van der Waals surface area contributed by atoms with Gasteiger partial charge in [-0.1, -0.05) is 38.8 Å². The molecule has 2 nitrogen and oxygen atoms in total. The van der Waals surface area contributed by atoms with Crippen molar-refractivity contribution in [3.05, 3.63) is 22.2 Å². The highest BCUT2D eigenvalue weighted by molar-refractivity contribution is 6.30. The van der Waals surface area contributed by atoms with E-state index in [0.29, 0.717) is 17.0 Å². The van der Waals surface area contributed by atoms with Gasteiger partial charge in [-0.25, -0.2) is 9.97 Å². The van der Waals surface area contributed by atoms with Crippen LogP contribution in [-0.4, -0.2) is 9.97 Å². The van der Waals surface area contributed by atoms with Crippen LogP contribution in [0.1, 0.15) is 75.4 Å². The molecular weight excluding hydrogens is 244 g/mol. The maximum atomic E-state index is 6.33. The summed E-state index contributed by atoms with van der Waals surface area (Å²) >= 11 is 6.33. The molecule has 3 heteroatoms. The highest BCUT2D eigenvalue weighted by Crippen LogP contribution is 2.39. The third-order valence-electron chi connectivity index (χ3n) is 4.17. The van der Waals surface area contributed by atoms with Crippen LogP contribution < -0.4 is 0 Å². The summed E-state index contributed by atoms with van der Waals surface area (Å²) in [6.45, 7) is 8.60. The van der Waals surface area contributed by atoms with Gasteiger partial charge in [0, 0.05) is 17.2 Å². The second-order valence-corrected chi connectivity index (χ2v) is 6.17. The minimum absolute atomic E-state index is 0.388. The van der Waals surface area contributed by atoms with E-state index < -0.39 is 0 Å². The Hall–Kier alpha value is -0.630. The lowest BCUT2D eigenvalue weighted by Gasteiger charge is -2.15. The van der Waals surface area contributed by atoms with Crippen molar-refractivity contribution in [1.82, 2.24) is 9.97 Å². The number of aromatic nitrogens is 2. The van der Waals surface area contributed by atoms with Gasteiger partial charge in [0.05, 0.1) is 0 Å². The average Bonchev–Trinajstić information content (AvgIpc) is 2.75. The Morgan fingerprint density at radius 2 is 2.00 bits per heavy atom. The van der Waals surface area contributed by atoms with Crippen molar-refractivity contribution in [1.29, 1.82) is 0 Å². The normalized spacial score (nSPS) is 23.9. The molecular formula is C15H23ClN2. The Morgan fingerprint density at radius 3 is 2.50 bits per heavy atom. The Kier molecular flexibility index (Phi) is 4.26. The molecule has 1 saturated carbocycles. The maximum Gasteiger partial charge on any atom is 0.136 e. The predicted octanol–water partition coefficient (Wildman–Crippen LogP) is 4.86. The highest BCUT2D eigenvalue weighted by Gasteiger charge is 2.27. The molecule has 0 radical (unpaired) electrons. The summed E-state index contributed by atoms with van der Waals surface area (Å²) in [5.41, 5.74) is 2.16. The summed E-state index contributed by atoms with van der Waals surface area (Å²) in [6, 6.07) is 0. The SMILES string of the molecule is CCC1CCC(c2nc(C)c(C(C)C)c(Cl)n2)C1. The van der Waals surface area contributed by atoms with Gasteiger partial charge in [-0.3, -0.25) is 0 Å². The molecule has 2 rings (SSSR count). The lowest BCUT2D eigenvalue weighted by Crippen LogP contribution is -2.07. The molecule has 100 valence electrons. The molecule has 1 aromatic heterocycles. The van der Waals surface area contributed by atoms with Gasteiger partial charge < -0.3 is 0 Å². The third-order valence-corrected chi connectivity index (χ3v) is 4.46. The zero-order chi connectivity index (χ0) is 13.3. The van der Waals surface area contributed by atoms with E-state index in [4.69, 9.17) is 16.6 Å². The summed E-state index contributed by atoms with van der Waals surface area (Å²) < 4.78 is 0. The second-order valence-electron chi connectivity index (χ2n) is 5.81. The van der Waals surface area contributed by atoms with Gasteiger partial charge in [0.15, 0.2) is 0 Å². The van der Waals surface area contributed by atoms with Crippen LogP contribution in [0.2, 0.25) is 5.15 Å². The van der Waals surface area contributed by atoms with E-state index in [2.05, 4.69) is 32.7 Å². The number of hydrogen-bond acceptors (Lipinski definition) is 2. The first-order chi connectivity index (χ1) is 8.52. The van der Waals surface area contributed by atoms with E-state index >= 15 is 0 Å². The van der Waals surface area contributed by atoms with Gasteiger partial charge >= 0.3 is 0 Å². The molecule has 0 spiro atoms. The number of halogens is 1. The van der Waals surface area contributed by atoms with Crippen LogP contribution in [0, 0.1) is 12.8 Å². The lowest BCUT2D eigenvalue weighted by molar-refractivity contribution is 0.516. The molecule has 0 amide bonds. The molecule has 1 fully saturated rings. The average molecular weight is 267 g/mol. The Balaban J connectivity index is 2.26. The van der Waals surface area contributed by atoms with Crippen molar-refractivity contribution in [2.75, 3.05) is 0 Å². The van der Waals surface area contributed by atoms with Crippen LogP contribution in [0.15, 0.2) is 0 Å². The number of nitrogens with zero attached hydrogens (tertiary/aromatic N) is 2. The number of rotatable bonds is 3. The van der Waals surface area contributed by atoms with Gasteiger partial charge in [0.25, 0.3) is 0 Å². The fourth-order valence-electron chi connectivity index (χ4n) is 3.09. The van der Waals surface area contributed by atoms with Crippen LogP contribution in [0.3, 0.4) is 0 Å². The molecule has 1 heterocycles. The largest absolute Gasteiger partial charge is 0.238 e. The Morgan fingerprint density at radius 1 is 1.28 bits per heavy atom. The Labute approximate surface area is 115 Å². The molecule has 0 saturated heterocycles. The summed E-state index contributed by atoms with van der Waals surface area (Å²) in [4.78, 5) is 9.27. The van der Waals surface area contributed by atoms with E-state index in [-0.39, 0.29) is 0 Å². The van der Waals surface area contributed by atoms with Crippen LogP contribution in [0.25, 0.3) is 0 Å². The fourth-order valence-corrected chi connectivity index (χ4v) is 3.53. The molecule has 1 aliphatic rings. The lowest BCUT2D eigenvalue weighted by atomic mass is 10.0. The summed E-state index contributed by atoms with van der Waals surface area (Å²) in [5, 5.41) is 0.660. The first-order valence-corrected chi connectivity index (χ1v) is 7.44. The summed E-state index contributed by atoms with van der Waals surface area (Å²) in [7, 11) is 0. The van der Waals surface area contributed by atoms with Crippen molar-refractivity contribution in [3.63, 3.8) is 0 Å². The predicted molar refractivity (Wildman–Crippen MR) is 76.2 cm³/mol. The standard InChI is InChI=1S/C15H23ClN2/c1-5-11-6-7-12(8-11)15-17-10(4)13(9(2)3)14(16)18-15/h9,11-12H,5-8H2,1-4H3. The van der Waals surface area contributed by atoms with Gasteiger partial charge in [-0.15, -0.1) is 0 Å². The Bertz CT molecular complexity index is 405. The topological polar surface area (TPSA) is 25.8 Å². The van der Waals surface area contributed by atoms with E-state index in [1.165, 1.54) is 25.7 Å². The zero-order valence-corrected chi connectivity index (χ0v) is 12.6. The van der Waals surface area contributed by atoms with Crippen LogP contribution in [0.4, 0.5) is 0 Å². The van der Waals surface area contributed by atoms with Gasteiger partial charge in [0.2, 0.25) is 0 Å². The number of aryl methyl sites for hydroxylation is 1. The molecule has 2 unspecified atom stereocenters. The van der Waals surface area contributed by atoms with Crippen LogP contribution in [-0.2, 0) is 0 Å². The smallest absolute Gasteiger partial charge is 0.136 e. The zero-order valence-electron chi connectivity index (χ0n) is 11.8. The molecule has 1 aromatic rings. The van der Waals surface area contributed by atoms with E-state index in [1.54, 1.807) is 0 Å². The van der Waals surface area contributed by atoms with Crippen molar-refractivity contribution in [3.8, 4) is 0 Å². The van der Waals surface area contributed by atoms with Crippen molar-refractivity contribution in [2.24, 2.45) is 5.92 Å².